The Labute approximate surface area is 129 Å². The molecule has 0 bridgehead atoms. The normalized spacial score (nSPS) is 26.3. The second kappa shape index (κ2) is 6.28. The first-order valence-corrected chi connectivity index (χ1v) is 10.2. The van der Waals surface area contributed by atoms with Gasteiger partial charge in [0.2, 0.25) is 0 Å². The molecule has 2 aliphatic carbocycles. The third kappa shape index (κ3) is 3.80. The summed E-state index contributed by atoms with van der Waals surface area (Å²) in [5.74, 6) is 0. The highest BCUT2D eigenvalue weighted by atomic mass is 32.2. The van der Waals surface area contributed by atoms with Crippen LogP contribution in [0.15, 0.2) is 11.2 Å². The fourth-order valence-corrected chi connectivity index (χ4v) is 4.95. The summed E-state index contributed by atoms with van der Waals surface area (Å²) in [5, 5.41) is 10.7. The minimum atomic E-state index is -3.51. The number of aromatic nitrogens is 2. The standard InChI is InChI=1S/C13H22N4O2S2/c1-20-12-5-4-11(6-12)17-21(18,19)13-9(8-15-16-13)7-14-10-2-3-10/h8,10-12,14,17H,2-7H2,1H3,(H,15,16). The second-order valence-corrected chi connectivity index (χ2v) is 8.66. The Morgan fingerprint density at radius 1 is 1.33 bits per heavy atom. The van der Waals surface area contributed by atoms with Crippen LogP contribution in [-0.4, -0.2) is 42.2 Å². The van der Waals surface area contributed by atoms with Crippen molar-refractivity contribution in [3.63, 3.8) is 0 Å². The summed E-state index contributed by atoms with van der Waals surface area (Å²) in [7, 11) is -3.51. The Hall–Kier alpha value is -0.570. The first-order chi connectivity index (χ1) is 10.1. The van der Waals surface area contributed by atoms with Gasteiger partial charge in [0.1, 0.15) is 0 Å². The molecule has 21 heavy (non-hydrogen) atoms. The van der Waals surface area contributed by atoms with Gasteiger partial charge in [-0.05, 0) is 38.4 Å². The third-order valence-electron chi connectivity index (χ3n) is 4.15. The third-order valence-corrected chi connectivity index (χ3v) is 6.77. The van der Waals surface area contributed by atoms with Crippen LogP contribution in [-0.2, 0) is 16.6 Å². The first-order valence-electron chi connectivity index (χ1n) is 7.39. The van der Waals surface area contributed by atoms with Crippen molar-refractivity contribution >= 4 is 21.8 Å². The maximum atomic E-state index is 12.5. The number of thioether (sulfide) groups is 1. The molecular weight excluding hydrogens is 308 g/mol. The summed E-state index contributed by atoms with van der Waals surface area (Å²) in [5.41, 5.74) is 0.716. The molecule has 1 aromatic rings. The second-order valence-electron chi connectivity index (χ2n) is 5.87. The molecule has 0 aliphatic heterocycles. The Balaban J connectivity index is 1.65. The monoisotopic (exact) mass is 330 g/mol. The van der Waals surface area contributed by atoms with E-state index in [1.807, 2.05) is 11.8 Å². The lowest BCUT2D eigenvalue weighted by Gasteiger charge is -2.13. The number of H-pyrrole nitrogens is 1. The van der Waals surface area contributed by atoms with E-state index in [2.05, 4.69) is 26.5 Å². The van der Waals surface area contributed by atoms with Gasteiger partial charge in [0.15, 0.2) is 5.03 Å². The molecule has 3 N–H and O–H groups in total. The van der Waals surface area contributed by atoms with Crippen LogP contribution >= 0.6 is 11.8 Å². The number of nitrogens with zero attached hydrogens (tertiary/aromatic N) is 1. The number of rotatable bonds is 7. The highest BCUT2D eigenvalue weighted by Gasteiger charge is 2.30. The Kier molecular flexibility index (Phi) is 4.58. The first kappa shape index (κ1) is 15.3. The number of aromatic amines is 1. The van der Waals surface area contributed by atoms with Crippen molar-refractivity contribution < 1.29 is 8.42 Å². The van der Waals surface area contributed by atoms with Gasteiger partial charge < -0.3 is 5.32 Å². The predicted molar refractivity (Wildman–Crippen MR) is 83.7 cm³/mol. The maximum Gasteiger partial charge on any atom is 0.258 e. The molecule has 2 atom stereocenters. The van der Waals surface area contributed by atoms with Gasteiger partial charge in [-0.2, -0.15) is 16.9 Å². The maximum absolute atomic E-state index is 12.5. The quantitative estimate of drug-likeness (QED) is 0.700. The SMILES string of the molecule is CSC1CCC(NS(=O)(=O)c2[nH]ncc2CNC2CC2)C1. The average Bonchev–Trinajstić information content (AvgIpc) is 2.98. The summed E-state index contributed by atoms with van der Waals surface area (Å²) in [6.07, 6.45) is 8.93. The summed E-state index contributed by atoms with van der Waals surface area (Å²) in [6, 6.07) is 0.584. The van der Waals surface area contributed by atoms with Crippen LogP contribution < -0.4 is 10.0 Å². The van der Waals surface area contributed by atoms with Crippen LogP contribution in [0, 0.1) is 0 Å². The Morgan fingerprint density at radius 3 is 2.76 bits per heavy atom. The minimum Gasteiger partial charge on any atom is -0.310 e. The molecule has 1 aromatic heterocycles. The lowest BCUT2D eigenvalue weighted by atomic mass is 10.3. The molecule has 0 saturated heterocycles. The number of hydrogen-bond donors (Lipinski definition) is 3. The number of nitrogens with one attached hydrogen (secondary N) is 3. The van der Waals surface area contributed by atoms with Gasteiger partial charge in [0, 0.05) is 29.4 Å². The van der Waals surface area contributed by atoms with Crippen LogP contribution in [0.4, 0.5) is 0 Å². The lowest BCUT2D eigenvalue weighted by molar-refractivity contribution is 0.546. The molecule has 3 rings (SSSR count). The average molecular weight is 330 g/mol. The van der Waals surface area contributed by atoms with Crippen molar-refractivity contribution in [3.8, 4) is 0 Å². The van der Waals surface area contributed by atoms with E-state index in [9.17, 15) is 8.42 Å². The van der Waals surface area contributed by atoms with Gasteiger partial charge in [-0.15, -0.1) is 0 Å². The topological polar surface area (TPSA) is 86.9 Å². The van der Waals surface area contributed by atoms with Crippen LogP contribution in [0.1, 0.15) is 37.7 Å². The fraction of sp³-hybridized carbons (Fsp3) is 0.769. The van der Waals surface area contributed by atoms with E-state index >= 15 is 0 Å². The smallest absolute Gasteiger partial charge is 0.258 e. The van der Waals surface area contributed by atoms with E-state index in [-0.39, 0.29) is 11.1 Å². The van der Waals surface area contributed by atoms with Crippen molar-refractivity contribution in [2.75, 3.05) is 6.26 Å². The predicted octanol–water partition coefficient (Wildman–Crippen LogP) is 1.22. The van der Waals surface area contributed by atoms with Gasteiger partial charge in [0.05, 0.1) is 6.20 Å². The van der Waals surface area contributed by atoms with Crippen molar-refractivity contribution in [3.05, 3.63) is 11.8 Å². The van der Waals surface area contributed by atoms with Crippen molar-refractivity contribution in [2.24, 2.45) is 0 Å². The molecule has 0 aromatic carbocycles. The van der Waals surface area contributed by atoms with Gasteiger partial charge in [-0.1, -0.05) is 0 Å². The Morgan fingerprint density at radius 2 is 2.10 bits per heavy atom. The molecule has 0 radical (unpaired) electrons. The summed E-state index contributed by atoms with van der Waals surface area (Å²) >= 11 is 1.82. The largest absolute Gasteiger partial charge is 0.310 e. The highest BCUT2D eigenvalue weighted by molar-refractivity contribution is 7.99. The molecule has 6 nitrogen and oxygen atoms in total. The van der Waals surface area contributed by atoms with Gasteiger partial charge in [0.25, 0.3) is 10.0 Å². The summed E-state index contributed by atoms with van der Waals surface area (Å²) < 4.78 is 27.8. The van der Waals surface area contributed by atoms with Gasteiger partial charge >= 0.3 is 0 Å². The van der Waals surface area contributed by atoms with Crippen LogP contribution in [0.3, 0.4) is 0 Å². The van der Waals surface area contributed by atoms with E-state index in [0.717, 1.165) is 19.3 Å². The molecule has 0 spiro atoms. The molecule has 2 unspecified atom stereocenters. The lowest BCUT2D eigenvalue weighted by Crippen LogP contribution is -2.34. The zero-order valence-corrected chi connectivity index (χ0v) is 13.8. The van der Waals surface area contributed by atoms with E-state index in [1.54, 1.807) is 6.20 Å². The van der Waals surface area contributed by atoms with E-state index in [0.29, 0.717) is 23.4 Å². The van der Waals surface area contributed by atoms with Crippen molar-refractivity contribution in [1.82, 2.24) is 20.2 Å². The van der Waals surface area contributed by atoms with E-state index in [4.69, 9.17) is 0 Å². The molecule has 118 valence electrons. The molecule has 2 saturated carbocycles. The minimum absolute atomic E-state index is 0.0417. The molecule has 2 fully saturated rings. The molecule has 8 heteroatoms. The summed E-state index contributed by atoms with van der Waals surface area (Å²) in [4.78, 5) is 0. The zero-order chi connectivity index (χ0) is 14.9. The molecule has 0 amide bonds. The van der Waals surface area contributed by atoms with Crippen molar-refractivity contribution in [1.29, 1.82) is 0 Å². The van der Waals surface area contributed by atoms with Gasteiger partial charge in [-0.25, -0.2) is 13.1 Å². The highest BCUT2D eigenvalue weighted by Crippen LogP contribution is 2.29. The van der Waals surface area contributed by atoms with Crippen LogP contribution in [0.25, 0.3) is 0 Å². The fourth-order valence-electron chi connectivity index (χ4n) is 2.74. The number of sulfonamides is 1. The zero-order valence-electron chi connectivity index (χ0n) is 12.1. The summed E-state index contributed by atoms with van der Waals surface area (Å²) in [6.45, 7) is 0.551. The van der Waals surface area contributed by atoms with Gasteiger partial charge in [-0.3, -0.25) is 5.10 Å². The van der Waals surface area contributed by atoms with Crippen LogP contribution in [0.2, 0.25) is 0 Å². The van der Waals surface area contributed by atoms with Crippen LogP contribution in [0.5, 0.6) is 0 Å². The Bertz CT molecular complexity index is 583. The van der Waals surface area contributed by atoms with Crippen molar-refractivity contribution in [2.45, 2.75) is 61.0 Å². The van der Waals surface area contributed by atoms with E-state index < -0.39 is 10.0 Å². The molecule has 1 heterocycles. The number of hydrogen-bond acceptors (Lipinski definition) is 5. The van der Waals surface area contributed by atoms with E-state index in [1.165, 1.54) is 12.8 Å². The molecule has 2 aliphatic rings. The molecular formula is C13H22N4O2S2.